The van der Waals surface area contributed by atoms with Crippen molar-refractivity contribution in [2.24, 2.45) is 11.1 Å². The quantitative estimate of drug-likeness (QED) is 0.741. The van der Waals surface area contributed by atoms with Gasteiger partial charge in [0.2, 0.25) is 0 Å². The standard InChI is InChI=1S/C13H26N2O/c1-12(2,3)11(16)10-7-9(14)8-15(10)13(4,5)6/h9-10H,7-8,14H2,1-6H3/t9-,10+/m1/s1. The fourth-order valence-corrected chi connectivity index (χ4v) is 2.36. The summed E-state index contributed by atoms with van der Waals surface area (Å²) in [5.41, 5.74) is 5.73. The number of carbonyl (C=O) groups excluding carboxylic acids is 1. The first kappa shape index (κ1) is 13.7. The first-order valence-electron chi connectivity index (χ1n) is 6.10. The number of nitrogens with zero attached hydrogens (tertiary/aromatic N) is 1. The molecular formula is C13H26N2O. The molecule has 94 valence electrons. The highest BCUT2D eigenvalue weighted by Crippen LogP contribution is 2.31. The minimum absolute atomic E-state index is 0.00463. The van der Waals surface area contributed by atoms with Crippen LogP contribution in [-0.4, -0.2) is 34.9 Å². The van der Waals surface area contributed by atoms with Crippen molar-refractivity contribution in [1.29, 1.82) is 0 Å². The zero-order valence-electron chi connectivity index (χ0n) is 11.5. The minimum atomic E-state index is -0.280. The van der Waals surface area contributed by atoms with Crippen molar-refractivity contribution < 1.29 is 4.79 Å². The normalized spacial score (nSPS) is 28.4. The molecule has 3 heteroatoms. The molecule has 1 fully saturated rings. The third-order valence-electron chi connectivity index (χ3n) is 3.24. The Kier molecular flexibility index (Phi) is 3.51. The van der Waals surface area contributed by atoms with E-state index >= 15 is 0 Å². The molecule has 0 bridgehead atoms. The molecule has 0 radical (unpaired) electrons. The zero-order chi connectivity index (χ0) is 12.7. The largest absolute Gasteiger partial charge is 0.326 e. The number of ketones is 1. The van der Waals surface area contributed by atoms with Gasteiger partial charge in [-0.3, -0.25) is 9.69 Å². The van der Waals surface area contributed by atoms with E-state index in [1.165, 1.54) is 0 Å². The molecule has 0 aromatic rings. The van der Waals surface area contributed by atoms with Gasteiger partial charge in [0.05, 0.1) is 6.04 Å². The van der Waals surface area contributed by atoms with Crippen LogP contribution in [0.2, 0.25) is 0 Å². The Balaban J connectivity index is 2.91. The van der Waals surface area contributed by atoms with Crippen LogP contribution in [0, 0.1) is 5.41 Å². The van der Waals surface area contributed by atoms with Crippen LogP contribution in [0.4, 0.5) is 0 Å². The molecule has 0 saturated carbocycles. The molecule has 1 saturated heterocycles. The van der Waals surface area contributed by atoms with Gasteiger partial charge in [-0.15, -0.1) is 0 Å². The number of Topliss-reactive ketones (excluding diaryl/α,β-unsaturated/α-hetero) is 1. The maximum absolute atomic E-state index is 12.4. The summed E-state index contributed by atoms with van der Waals surface area (Å²) in [4.78, 5) is 14.6. The second-order valence-electron chi connectivity index (χ2n) is 6.95. The summed E-state index contributed by atoms with van der Waals surface area (Å²) in [7, 11) is 0. The Morgan fingerprint density at radius 1 is 1.19 bits per heavy atom. The Bertz CT molecular complexity index is 273. The van der Waals surface area contributed by atoms with E-state index in [4.69, 9.17) is 5.73 Å². The monoisotopic (exact) mass is 226 g/mol. The zero-order valence-corrected chi connectivity index (χ0v) is 11.5. The molecule has 16 heavy (non-hydrogen) atoms. The van der Waals surface area contributed by atoms with Crippen molar-refractivity contribution in [1.82, 2.24) is 4.90 Å². The molecular weight excluding hydrogens is 200 g/mol. The smallest absolute Gasteiger partial charge is 0.155 e. The van der Waals surface area contributed by atoms with Crippen LogP contribution in [0.1, 0.15) is 48.0 Å². The third-order valence-corrected chi connectivity index (χ3v) is 3.24. The van der Waals surface area contributed by atoms with Crippen LogP contribution >= 0.6 is 0 Å². The highest BCUT2D eigenvalue weighted by Gasteiger charge is 2.43. The van der Waals surface area contributed by atoms with Crippen molar-refractivity contribution in [2.75, 3.05) is 6.54 Å². The summed E-state index contributed by atoms with van der Waals surface area (Å²) in [5, 5.41) is 0. The van der Waals surface area contributed by atoms with Gasteiger partial charge in [0, 0.05) is 23.5 Å². The van der Waals surface area contributed by atoms with Crippen molar-refractivity contribution >= 4 is 5.78 Å². The lowest BCUT2D eigenvalue weighted by Crippen LogP contribution is -2.50. The van der Waals surface area contributed by atoms with Gasteiger partial charge in [0.25, 0.3) is 0 Å². The summed E-state index contributed by atoms with van der Waals surface area (Å²) in [6.07, 6.45) is 0.799. The number of nitrogens with two attached hydrogens (primary N) is 1. The van der Waals surface area contributed by atoms with Crippen LogP contribution < -0.4 is 5.73 Å². The van der Waals surface area contributed by atoms with Gasteiger partial charge >= 0.3 is 0 Å². The third kappa shape index (κ3) is 2.83. The topological polar surface area (TPSA) is 46.3 Å². The average molecular weight is 226 g/mol. The van der Waals surface area contributed by atoms with E-state index in [9.17, 15) is 4.79 Å². The van der Waals surface area contributed by atoms with Crippen molar-refractivity contribution in [3.8, 4) is 0 Å². The highest BCUT2D eigenvalue weighted by atomic mass is 16.1. The second-order valence-corrected chi connectivity index (χ2v) is 6.95. The predicted octanol–water partition coefficient (Wildman–Crippen LogP) is 1.80. The lowest BCUT2D eigenvalue weighted by molar-refractivity contribution is -0.132. The van der Waals surface area contributed by atoms with Crippen LogP contribution in [0.25, 0.3) is 0 Å². The van der Waals surface area contributed by atoms with E-state index in [1.54, 1.807) is 0 Å². The number of carbonyl (C=O) groups is 1. The summed E-state index contributed by atoms with van der Waals surface area (Å²) in [6.45, 7) is 13.2. The SMILES string of the molecule is CC(C)(C)C(=O)[C@@H]1C[C@@H](N)CN1C(C)(C)C. The van der Waals surface area contributed by atoms with Crippen LogP contribution in [0.15, 0.2) is 0 Å². The van der Waals surface area contributed by atoms with Gasteiger partial charge < -0.3 is 5.73 Å². The summed E-state index contributed by atoms with van der Waals surface area (Å²) >= 11 is 0. The van der Waals surface area contributed by atoms with Crippen molar-refractivity contribution in [3.05, 3.63) is 0 Å². The van der Waals surface area contributed by atoms with Crippen LogP contribution in [0.3, 0.4) is 0 Å². The lowest BCUT2D eigenvalue weighted by atomic mass is 9.84. The number of likely N-dealkylation sites (tertiary alicyclic amines) is 1. The summed E-state index contributed by atoms with van der Waals surface area (Å²) in [6, 6.07) is 0.130. The van der Waals surface area contributed by atoms with E-state index in [-0.39, 0.29) is 23.0 Å². The second kappa shape index (κ2) is 4.11. The molecule has 1 rings (SSSR count). The number of rotatable bonds is 1. The van der Waals surface area contributed by atoms with Crippen LogP contribution in [-0.2, 0) is 4.79 Å². The maximum Gasteiger partial charge on any atom is 0.155 e. The molecule has 0 aromatic carbocycles. The molecule has 0 amide bonds. The Hall–Kier alpha value is -0.410. The number of hydrogen-bond acceptors (Lipinski definition) is 3. The molecule has 2 atom stereocenters. The first-order valence-corrected chi connectivity index (χ1v) is 6.10. The van der Waals surface area contributed by atoms with Gasteiger partial charge in [-0.25, -0.2) is 0 Å². The fraction of sp³-hybridized carbons (Fsp3) is 0.923. The molecule has 1 heterocycles. The predicted molar refractivity (Wildman–Crippen MR) is 67.3 cm³/mol. The average Bonchev–Trinajstić information content (AvgIpc) is 2.43. The van der Waals surface area contributed by atoms with Gasteiger partial charge in [-0.05, 0) is 27.2 Å². The van der Waals surface area contributed by atoms with Crippen molar-refractivity contribution in [3.63, 3.8) is 0 Å². The molecule has 0 aliphatic carbocycles. The molecule has 1 aliphatic heterocycles. The van der Waals surface area contributed by atoms with E-state index in [0.717, 1.165) is 13.0 Å². The van der Waals surface area contributed by atoms with E-state index in [2.05, 4.69) is 25.7 Å². The van der Waals surface area contributed by atoms with E-state index in [0.29, 0.717) is 5.78 Å². The number of hydrogen-bond donors (Lipinski definition) is 1. The summed E-state index contributed by atoms with van der Waals surface area (Å²) in [5.74, 6) is 0.315. The lowest BCUT2D eigenvalue weighted by Gasteiger charge is -2.38. The van der Waals surface area contributed by atoms with Gasteiger partial charge in [0.1, 0.15) is 0 Å². The Labute approximate surface area is 99.4 Å². The maximum atomic E-state index is 12.4. The first-order chi connectivity index (χ1) is 7.03. The molecule has 2 N–H and O–H groups in total. The molecule has 0 unspecified atom stereocenters. The molecule has 0 aromatic heterocycles. The van der Waals surface area contributed by atoms with Gasteiger partial charge in [0.15, 0.2) is 5.78 Å². The molecule has 3 nitrogen and oxygen atoms in total. The fourth-order valence-electron chi connectivity index (χ4n) is 2.36. The highest BCUT2D eigenvalue weighted by molar-refractivity contribution is 5.89. The molecule has 1 aliphatic rings. The van der Waals surface area contributed by atoms with Gasteiger partial charge in [-0.2, -0.15) is 0 Å². The van der Waals surface area contributed by atoms with E-state index in [1.807, 2.05) is 20.8 Å². The molecule has 0 spiro atoms. The van der Waals surface area contributed by atoms with Crippen LogP contribution in [0.5, 0.6) is 0 Å². The minimum Gasteiger partial charge on any atom is -0.326 e. The van der Waals surface area contributed by atoms with Gasteiger partial charge in [-0.1, -0.05) is 20.8 Å². The Morgan fingerprint density at radius 2 is 1.69 bits per heavy atom. The van der Waals surface area contributed by atoms with E-state index < -0.39 is 0 Å². The Morgan fingerprint density at radius 3 is 2.06 bits per heavy atom. The summed E-state index contributed by atoms with van der Waals surface area (Å²) < 4.78 is 0. The van der Waals surface area contributed by atoms with Crippen molar-refractivity contribution in [2.45, 2.75) is 65.6 Å².